The molecule has 0 atom stereocenters. The van der Waals surface area contributed by atoms with Crippen molar-refractivity contribution in [2.75, 3.05) is 5.73 Å². The molecule has 0 fully saturated rings. The average Bonchev–Trinajstić information content (AvgIpc) is 2.72. The highest BCUT2D eigenvalue weighted by Gasteiger charge is 2.15. The minimum absolute atomic E-state index is 0.235. The first-order valence-electron chi connectivity index (χ1n) is 6.10. The number of nitrogens with two attached hydrogens (primary N) is 1. The van der Waals surface area contributed by atoms with Gasteiger partial charge in [0.1, 0.15) is 17.0 Å². The van der Waals surface area contributed by atoms with Crippen molar-refractivity contribution < 1.29 is 9.13 Å². The minimum atomic E-state index is -0.442. The molecule has 0 spiro atoms. The maximum atomic E-state index is 13.6. The number of hydrogen-bond donors (Lipinski definition) is 1. The molecule has 0 radical (unpaired) electrons. The molecule has 0 unspecified atom stereocenters. The van der Waals surface area contributed by atoms with E-state index < -0.39 is 5.82 Å². The Morgan fingerprint density at radius 3 is 2.81 bits per heavy atom. The first-order valence-corrected chi connectivity index (χ1v) is 7.71. The summed E-state index contributed by atoms with van der Waals surface area (Å²) in [7, 11) is 0. The van der Waals surface area contributed by atoms with Crippen LogP contribution < -0.4 is 10.5 Å². The Kier molecular flexibility index (Phi) is 3.54. The molecule has 1 aromatic carbocycles. The van der Waals surface area contributed by atoms with E-state index in [2.05, 4.69) is 25.9 Å². The maximum Gasteiger partial charge on any atom is 0.231 e. The van der Waals surface area contributed by atoms with Gasteiger partial charge < -0.3 is 10.5 Å². The number of rotatable bonds is 2. The van der Waals surface area contributed by atoms with Crippen molar-refractivity contribution in [3.05, 3.63) is 39.2 Å². The zero-order valence-corrected chi connectivity index (χ0v) is 13.7. The number of nitrogen functional groups attached to an aromatic ring is 1. The van der Waals surface area contributed by atoms with Crippen LogP contribution in [0.2, 0.25) is 0 Å². The first-order chi connectivity index (χ1) is 9.97. The van der Waals surface area contributed by atoms with Crippen LogP contribution in [0, 0.1) is 19.7 Å². The van der Waals surface area contributed by atoms with E-state index in [4.69, 9.17) is 10.5 Å². The van der Waals surface area contributed by atoms with E-state index in [1.54, 1.807) is 11.3 Å². The van der Waals surface area contributed by atoms with Gasteiger partial charge in [0.15, 0.2) is 5.75 Å². The van der Waals surface area contributed by atoms with Crippen LogP contribution in [0.25, 0.3) is 10.2 Å². The summed E-state index contributed by atoms with van der Waals surface area (Å²) in [6, 6.07) is 2.71. The van der Waals surface area contributed by atoms with E-state index in [0.29, 0.717) is 16.0 Å². The number of benzene rings is 1. The van der Waals surface area contributed by atoms with Crippen molar-refractivity contribution in [3.8, 4) is 11.6 Å². The van der Waals surface area contributed by atoms with E-state index in [9.17, 15) is 4.39 Å². The summed E-state index contributed by atoms with van der Waals surface area (Å²) < 4.78 is 19.7. The minimum Gasteiger partial charge on any atom is -0.436 e. The Morgan fingerprint density at radius 1 is 1.29 bits per heavy atom. The molecule has 2 aromatic heterocycles. The molecule has 3 aromatic rings. The lowest BCUT2D eigenvalue weighted by molar-refractivity contribution is 0.465. The van der Waals surface area contributed by atoms with Gasteiger partial charge in [0, 0.05) is 10.9 Å². The fraction of sp³-hybridized carbons (Fsp3) is 0.143. The molecule has 7 heteroatoms. The number of ether oxygens (including phenoxy) is 1. The molecule has 0 saturated heterocycles. The molecule has 108 valence electrons. The van der Waals surface area contributed by atoms with Gasteiger partial charge in [0.2, 0.25) is 5.88 Å². The van der Waals surface area contributed by atoms with Gasteiger partial charge in [-0.05, 0) is 41.4 Å². The fourth-order valence-electron chi connectivity index (χ4n) is 1.96. The van der Waals surface area contributed by atoms with E-state index in [-0.39, 0.29) is 5.75 Å². The standard InChI is InChI=1S/C14H11BrFN3OS/c1-6-7(2)21-14-12(6)13(18-5-19-14)20-11-4-9(16)8(15)3-10(11)17/h3-5H,17H2,1-2H3. The Labute approximate surface area is 132 Å². The van der Waals surface area contributed by atoms with Crippen molar-refractivity contribution in [3.63, 3.8) is 0 Å². The smallest absolute Gasteiger partial charge is 0.231 e. The van der Waals surface area contributed by atoms with Crippen molar-refractivity contribution >= 4 is 43.2 Å². The van der Waals surface area contributed by atoms with Crippen molar-refractivity contribution in [1.29, 1.82) is 0 Å². The molecule has 0 bridgehead atoms. The third kappa shape index (κ3) is 2.47. The van der Waals surface area contributed by atoms with Crippen LogP contribution in [-0.4, -0.2) is 9.97 Å². The van der Waals surface area contributed by atoms with Gasteiger partial charge in [-0.3, -0.25) is 0 Å². The summed E-state index contributed by atoms with van der Waals surface area (Å²) in [6.45, 7) is 4.00. The molecule has 2 heterocycles. The molecule has 4 nitrogen and oxygen atoms in total. The van der Waals surface area contributed by atoms with E-state index in [1.165, 1.54) is 18.5 Å². The summed E-state index contributed by atoms with van der Waals surface area (Å²) in [5, 5.41) is 0.836. The molecule has 0 saturated carbocycles. The summed E-state index contributed by atoms with van der Waals surface area (Å²) in [5.41, 5.74) is 7.25. The van der Waals surface area contributed by atoms with Crippen LogP contribution >= 0.6 is 27.3 Å². The van der Waals surface area contributed by atoms with Gasteiger partial charge in [-0.2, -0.15) is 0 Å². The second-order valence-electron chi connectivity index (χ2n) is 4.55. The zero-order chi connectivity index (χ0) is 15.1. The van der Waals surface area contributed by atoms with Crippen LogP contribution in [0.3, 0.4) is 0 Å². The number of fused-ring (bicyclic) bond motifs is 1. The summed E-state index contributed by atoms with van der Waals surface area (Å²) in [4.78, 5) is 10.4. The van der Waals surface area contributed by atoms with E-state index in [1.807, 2.05) is 13.8 Å². The number of aryl methyl sites for hydroxylation is 2. The number of halogens is 2. The normalized spacial score (nSPS) is 11.0. The lowest BCUT2D eigenvalue weighted by Crippen LogP contribution is -1.96. The Balaban J connectivity index is 2.12. The quantitative estimate of drug-likeness (QED) is 0.673. The molecule has 0 amide bonds. The largest absolute Gasteiger partial charge is 0.436 e. The SMILES string of the molecule is Cc1sc2ncnc(Oc3cc(F)c(Br)cc3N)c2c1C. The number of anilines is 1. The summed E-state index contributed by atoms with van der Waals surface area (Å²) in [6.07, 6.45) is 1.43. The van der Waals surface area contributed by atoms with Gasteiger partial charge in [-0.15, -0.1) is 11.3 Å². The lowest BCUT2D eigenvalue weighted by Gasteiger charge is -2.09. The number of hydrogen-bond acceptors (Lipinski definition) is 5. The molecule has 3 rings (SSSR count). The van der Waals surface area contributed by atoms with Crippen LogP contribution in [0.5, 0.6) is 11.6 Å². The van der Waals surface area contributed by atoms with E-state index >= 15 is 0 Å². The highest BCUT2D eigenvalue weighted by atomic mass is 79.9. The Bertz CT molecular complexity index is 850. The number of nitrogens with zero attached hydrogens (tertiary/aromatic N) is 2. The molecule has 0 aliphatic rings. The molecular formula is C14H11BrFN3OS. The van der Waals surface area contributed by atoms with Crippen molar-refractivity contribution in [2.45, 2.75) is 13.8 Å². The monoisotopic (exact) mass is 367 g/mol. The van der Waals surface area contributed by atoms with Crippen molar-refractivity contribution in [1.82, 2.24) is 9.97 Å². The van der Waals surface area contributed by atoms with Gasteiger partial charge in [0.25, 0.3) is 0 Å². The summed E-state index contributed by atoms with van der Waals surface area (Å²) in [5.74, 6) is 0.178. The first kappa shape index (κ1) is 14.2. The number of thiophene rings is 1. The lowest BCUT2D eigenvalue weighted by atomic mass is 10.2. The van der Waals surface area contributed by atoms with Gasteiger partial charge in [-0.1, -0.05) is 0 Å². The van der Waals surface area contributed by atoms with Crippen LogP contribution in [0.15, 0.2) is 22.9 Å². The zero-order valence-electron chi connectivity index (χ0n) is 11.3. The van der Waals surface area contributed by atoms with Crippen molar-refractivity contribution in [2.24, 2.45) is 0 Å². The van der Waals surface area contributed by atoms with Gasteiger partial charge >= 0.3 is 0 Å². The predicted octanol–water partition coefficient (Wildman–Crippen LogP) is 4.58. The highest BCUT2D eigenvalue weighted by Crippen LogP contribution is 2.38. The van der Waals surface area contributed by atoms with Gasteiger partial charge in [-0.25, -0.2) is 14.4 Å². The molecule has 0 aliphatic carbocycles. The molecule has 0 aliphatic heterocycles. The molecule has 2 N–H and O–H groups in total. The molecule has 21 heavy (non-hydrogen) atoms. The predicted molar refractivity (Wildman–Crippen MR) is 85.5 cm³/mol. The Morgan fingerprint density at radius 2 is 2.05 bits per heavy atom. The number of aromatic nitrogens is 2. The fourth-order valence-corrected chi connectivity index (χ4v) is 3.31. The van der Waals surface area contributed by atoms with Crippen LogP contribution in [0.1, 0.15) is 10.4 Å². The van der Waals surface area contributed by atoms with Crippen LogP contribution in [0.4, 0.5) is 10.1 Å². The summed E-state index contributed by atoms with van der Waals surface area (Å²) >= 11 is 4.66. The second-order valence-corrected chi connectivity index (χ2v) is 6.61. The Hall–Kier alpha value is -1.73. The van der Waals surface area contributed by atoms with Crippen LogP contribution in [-0.2, 0) is 0 Å². The highest BCUT2D eigenvalue weighted by molar-refractivity contribution is 9.10. The topological polar surface area (TPSA) is 61.0 Å². The second kappa shape index (κ2) is 5.23. The van der Waals surface area contributed by atoms with Gasteiger partial charge in [0.05, 0.1) is 15.5 Å². The maximum absolute atomic E-state index is 13.6. The third-order valence-electron chi connectivity index (χ3n) is 3.19. The third-order valence-corrected chi connectivity index (χ3v) is 4.91. The molecular weight excluding hydrogens is 357 g/mol. The average molecular weight is 368 g/mol. The van der Waals surface area contributed by atoms with E-state index in [0.717, 1.165) is 20.7 Å².